The lowest BCUT2D eigenvalue weighted by Gasteiger charge is -2.06. The fourth-order valence-electron chi connectivity index (χ4n) is 1.44. The number of carbonyl (C=O) groups is 1. The Morgan fingerprint density at radius 2 is 2.00 bits per heavy atom. The van der Waals surface area contributed by atoms with Crippen LogP contribution in [0.25, 0.3) is 0 Å². The number of guanidine groups is 1. The van der Waals surface area contributed by atoms with Crippen molar-refractivity contribution in [2.75, 3.05) is 11.9 Å². The number of nitrogens with two attached hydrogens (primary N) is 1. The normalized spacial score (nSPS) is 10.7. The van der Waals surface area contributed by atoms with Gasteiger partial charge in [-0.05, 0) is 30.5 Å². The average molecular weight is 286 g/mol. The van der Waals surface area contributed by atoms with Crippen molar-refractivity contribution in [3.63, 3.8) is 0 Å². The number of benzene rings is 1. The SMILES string of the molecule is CCc1ccc(NC(N)=NCCCC(=O)O)cc1.Cl. The summed E-state index contributed by atoms with van der Waals surface area (Å²) in [5, 5.41) is 11.4. The van der Waals surface area contributed by atoms with Gasteiger partial charge in [0.05, 0.1) is 0 Å². The molecule has 0 spiro atoms. The molecule has 0 aliphatic heterocycles. The number of hydrogen-bond donors (Lipinski definition) is 3. The van der Waals surface area contributed by atoms with E-state index in [1.165, 1.54) is 5.56 Å². The van der Waals surface area contributed by atoms with Crippen LogP contribution in [0.15, 0.2) is 29.3 Å². The molecule has 19 heavy (non-hydrogen) atoms. The number of nitrogens with one attached hydrogen (secondary N) is 1. The van der Waals surface area contributed by atoms with Gasteiger partial charge in [-0.1, -0.05) is 19.1 Å². The highest BCUT2D eigenvalue weighted by Gasteiger charge is 1.97. The van der Waals surface area contributed by atoms with E-state index in [1.54, 1.807) is 0 Å². The van der Waals surface area contributed by atoms with Crippen molar-refractivity contribution in [3.05, 3.63) is 29.8 Å². The number of aryl methyl sites for hydroxylation is 1. The summed E-state index contributed by atoms with van der Waals surface area (Å²) in [6.45, 7) is 2.51. The Balaban J connectivity index is 0.00000324. The van der Waals surface area contributed by atoms with Gasteiger partial charge in [-0.2, -0.15) is 0 Å². The highest BCUT2D eigenvalue weighted by Crippen LogP contribution is 2.09. The first-order chi connectivity index (χ1) is 8.61. The summed E-state index contributed by atoms with van der Waals surface area (Å²) in [6.07, 6.45) is 1.60. The molecule has 0 bridgehead atoms. The molecule has 1 rings (SSSR count). The highest BCUT2D eigenvalue weighted by atomic mass is 35.5. The van der Waals surface area contributed by atoms with Gasteiger partial charge in [0.15, 0.2) is 5.96 Å². The molecule has 6 heteroatoms. The Bertz CT molecular complexity index is 418. The number of nitrogens with zero attached hydrogens (tertiary/aromatic N) is 1. The second kappa shape index (κ2) is 9.22. The van der Waals surface area contributed by atoms with Gasteiger partial charge < -0.3 is 16.2 Å². The lowest BCUT2D eigenvalue weighted by molar-refractivity contribution is -0.137. The van der Waals surface area contributed by atoms with E-state index in [0.29, 0.717) is 18.9 Å². The van der Waals surface area contributed by atoms with E-state index in [9.17, 15) is 4.79 Å². The largest absolute Gasteiger partial charge is 0.481 e. The van der Waals surface area contributed by atoms with E-state index in [-0.39, 0.29) is 18.8 Å². The zero-order chi connectivity index (χ0) is 13.4. The van der Waals surface area contributed by atoms with Gasteiger partial charge in [0.1, 0.15) is 0 Å². The van der Waals surface area contributed by atoms with E-state index in [4.69, 9.17) is 10.8 Å². The molecule has 0 unspecified atom stereocenters. The predicted molar refractivity (Wildman–Crippen MR) is 80.0 cm³/mol. The van der Waals surface area contributed by atoms with E-state index >= 15 is 0 Å². The second-order valence-electron chi connectivity index (χ2n) is 3.94. The molecule has 4 N–H and O–H groups in total. The van der Waals surface area contributed by atoms with Crippen molar-refractivity contribution in [1.82, 2.24) is 0 Å². The maximum atomic E-state index is 10.3. The van der Waals surface area contributed by atoms with Crippen molar-refractivity contribution < 1.29 is 9.90 Å². The van der Waals surface area contributed by atoms with E-state index in [0.717, 1.165) is 12.1 Å². The number of carboxylic acids is 1. The lowest BCUT2D eigenvalue weighted by atomic mass is 10.1. The van der Waals surface area contributed by atoms with Crippen molar-refractivity contribution in [3.8, 4) is 0 Å². The van der Waals surface area contributed by atoms with Crippen LogP contribution in [0.5, 0.6) is 0 Å². The third-order valence-corrected chi connectivity index (χ3v) is 2.47. The maximum Gasteiger partial charge on any atom is 0.303 e. The first-order valence-electron chi connectivity index (χ1n) is 5.99. The number of carboxylic acid groups (broad SMARTS) is 1. The van der Waals surface area contributed by atoms with Crippen molar-refractivity contribution in [1.29, 1.82) is 0 Å². The minimum absolute atomic E-state index is 0. The Morgan fingerprint density at radius 3 is 2.53 bits per heavy atom. The van der Waals surface area contributed by atoms with Gasteiger partial charge >= 0.3 is 5.97 Å². The van der Waals surface area contributed by atoms with Crippen molar-refractivity contribution >= 4 is 30.0 Å². The number of rotatable bonds is 6. The standard InChI is InChI=1S/C13H19N3O2.ClH/c1-2-10-5-7-11(8-6-10)16-13(14)15-9-3-4-12(17)18;/h5-8H,2-4,9H2,1H3,(H,17,18)(H3,14,15,16);1H. The van der Waals surface area contributed by atoms with E-state index in [1.807, 2.05) is 24.3 Å². The number of anilines is 1. The zero-order valence-electron chi connectivity index (χ0n) is 10.9. The molecule has 0 saturated heterocycles. The topological polar surface area (TPSA) is 87.7 Å². The smallest absolute Gasteiger partial charge is 0.303 e. The summed E-state index contributed by atoms with van der Waals surface area (Å²) < 4.78 is 0. The molecule has 0 fully saturated rings. The molecule has 0 aliphatic carbocycles. The highest BCUT2D eigenvalue weighted by molar-refractivity contribution is 5.92. The molecule has 1 aromatic rings. The maximum absolute atomic E-state index is 10.3. The molecule has 106 valence electrons. The van der Waals surface area contributed by atoms with Gasteiger partial charge in [0.2, 0.25) is 0 Å². The minimum Gasteiger partial charge on any atom is -0.481 e. The fourth-order valence-corrected chi connectivity index (χ4v) is 1.44. The Kier molecular flexibility index (Phi) is 8.37. The number of aliphatic imine (C=N–C) groups is 1. The molecule has 0 radical (unpaired) electrons. The van der Waals surface area contributed by atoms with Crippen LogP contribution in [0.2, 0.25) is 0 Å². The molecule has 0 aromatic heterocycles. The van der Waals surface area contributed by atoms with Gasteiger partial charge in [-0.3, -0.25) is 9.79 Å². The molecule has 0 heterocycles. The van der Waals surface area contributed by atoms with Gasteiger partial charge in [0.25, 0.3) is 0 Å². The lowest BCUT2D eigenvalue weighted by Crippen LogP contribution is -2.22. The van der Waals surface area contributed by atoms with Gasteiger partial charge in [-0.25, -0.2) is 0 Å². The summed E-state index contributed by atoms with van der Waals surface area (Å²) in [4.78, 5) is 14.4. The molecule has 0 saturated carbocycles. The average Bonchev–Trinajstić information content (AvgIpc) is 2.35. The first kappa shape index (κ1) is 17.2. The Labute approximate surface area is 119 Å². The quantitative estimate of drug-likeness (QED) is 0.425. The summed E-state index contributed by atoms with van der Waals surface area (Å²) >= 11 is 0. The van der Waals surface area contributed by atoms with Crippen molar-refractivity contribution in [2.45, 2.75) is 26.2 Å². The summed E-state index contributed by atoms with van der Waals surface area (Å²) in [6, 6.07) is 7.94. The molecule has 0 atom stereocenters. The second-order valence-corrected chi connectivity index (χ2v) is 3.94. The monoisotopic (exact) mass is 285 g/mol. The van der Waals surface area contributed by atoms with Crippen molar-refractivity contribution in [2.24, 2.45) is 10.7 Å². The van der Waals surface area contributed by atoms with Crippen LogP contribution in [0.4, 0.5) is 5.69 Å². The summed E-state index contributed by atoms with van der Waals surface area (Å²) in [5.74, 6) is -0.503. The Hall–Kier alpha value is -1.75. The summed E-state index contributed by atoms with van der Waals surface area (Å²) in [7, 11) is 0. The summed E-state index contributed by atoms with van der Waals surface area (Å²) in [5.41, 5.74) is 7.83. The number of aliphatic carboxylic acids is 1. The molecule has 0 aliphatic rings. The molecule has 5 nitrogen and oxygen atoms in total. The molecular weight excluding hydrogens is 266 g/mol. The first-order valence-corrected chi connectivity index (χ1v) is 5.99. The fraction of sp³-hybridized carbons (Fsp3) is 0.385. The number of halogens is 1. The molecule has 1 aromatic carbocycles. The zero-order valence-corrected chi connectivity index (χ0v) is 11.7. The van der Waals surface area contributed by atoms with Gasteiger partial charge in [0, 0.05) is 18.7 Å². The van der Waals surface area contributed by atoms with Crippen LogP contribution in [0.3, 0.4) is 0 Å². The van der Waals surface area contributed by atoms with Crippen LogP contribution in [0.1, 0.15) is 25.3 Å². The predicted octanol–water partition coefficient (Wildman–Crippen LogP) is 2.26. The number of hydrogen-bond acceptors (Lipinski definition) is 2. The molecular formula is C13H20ClN3O2. The van der Waals surface area contributed by atoms with E-state index < -0.39 is 5.97 Å². The molecule has 0 amide bonds. The van der Waals surface area contributed by atoms with Crippen LogP contribution < -0.4 is 11.1 Å². The van der Waals surface area contributed by atoms with Crippen LogP contribution in [-0.2, 0) is 11.2 Å². The van der Waals surface area contributed by atoms with Crippen LogP contribution in [0, 0.1) is 0 Å². The minimum atomic E-state index is -0.813. The third-order valence-electron chi connectivity index (χ3n) is 2.47. The third kappa shape index (κ3) is 7.31. The van der Waals surface area contributed by atoms with Crippen LogP contribution >= 0.6 is 12.4 Å². The Morgan fingerprint density at radius 1 is 1.37 bits per heavy atom. The van der Waals surface area contributed by atoms with Crippen LogP contribution in [-0.4, -0.2) is 23.6 Å². The van der Waals surface area contributed by atoms with E-state index in [2.05, 4.69) is 17.2 Å². The van der Waals surface area contributed by atoms with Gasteiger partial charge in [-0.15, -0.1) is 12.4 Å².